The highest BCUT2D eigenvalue weighted by molar-refractivity contribution is 5.92. The molecule has 0 aliphatic carbocycles. The summed E-state index contributed by atoms with van der Waals surface area (Å²) in [6, 6.07) is 6.46. The van der Waals surface area contributed by atoms with Gasteiger partial charge in [-0.25, -0.2) is 0 Å². The first-order chi connectivity index (χ1) is 9.60. The third-order valence-corrected chi connectivity index (χ3v) is 3.37. The molecule has 108 valence electrons. The minimum absolute atomic E-state index is 0.100. The number of carboxylic acids is 1. The van der Waals surface area contributed by atoms with Crippen molar-refractivity contribution in [2.75, 3.05) is 25.5 Å². The Hall–Kier alpha value is -2.08. The largest absolute Gasteiger partial charge is 0.497 e. The lowest BCUT2D eigenvalue weighted by molar-refractivity contribution is -0.142. The van der Waals surface area contributed by atoms with E-state index < -0.39 is 12.0 Å². The van der Waals surface area contributed by atoms with E-state index in [1.165, 1.54) is 0 Å². The summed E-state index contributed by atoms with van der Waals surface area (Å²) in [7, 11) is 1.58. The highest BCUT2D eigenvalue weighted by Gasteiger charge is 2.31. The molecule has 2 rings (SSSR count). The van der Waals surface area contributed by atoms with Gasteiger partial charge in [-0.1, -0.05) is 0 Å². The number of nitrogens with zero attached hydrogens (tertiary/aromatic N) is 1. The van der Waals surface area contributed by atoms with E-state index in [0.717, 1.165) is 6.42 Å². The predicted octanol–water partition coefficient (Wildman–Crippen LogP) is 1.18. The number of likely N-dealkylation sites (tertiary alicyclic amines) is 1. The fraction of sp³-hybridized carbons (Fsp3) is 0.429. The quantitative estimate of drug-likeness (QED) is 0.845. The predicted molar refractivity (Wildman–Crippen MR) is 73.9 cm³/mol. The smallest absolute Gasteiger partial charge is 0.320 e. The van der Waals surface area contributed by atoms with Crippen LogP contribution in [0.4, 0.5) is 5.69 Å². The van der Waals surface area contributed by atoms with Crippen LogP contribution in [0.2, 0.25) is 0 Å². The number of nitrogens with one attached hydrogen (secondary N) is 1. The van der Waals surface area contributed by atoms with Crippen LogP contribution in [0.25, 0.3) is 0 Å². The Balaban J connectivity index is 1.90. The average molecular weight is 278 g/mol. The fourth-order valence-corrected chi connectivity index (χ4v) is 2.35. The van der Waals surface area contributed by atoms with Crippen molar-refractivity contribution < 1.29 is 19.4 Å². The van der Waals surface area contributed by atoms with Gasteiger partial charge in [0.15, 0.2) is 0 Å². The Kier molecular flexibility index (Phi) is 4.57. The van der Waals surface area contributed by atoms with E-state index >= 15 is 0 Å². The van der Waals surface area contributed by atoms with Crippen LogP contribution >= 0.6 is 0 Å². The number of rotatable bonds is 5. The minimum Gasteiger partial charge on any atom is -0.497 e. The summed E-state index contributed by atoms with van der Waals surface area (Å²) in [5, 5.41) is 11.8. The Morgan fingerprint density at radius 2 is 2.10 bits per heavy atom. The van der Waals surface area contributed by atoms with Crippen LogP contribution in [0, 0.1) is 0 Å². The number of amides is 1. The molecule has 1 aromatic carbocycles. The summed E-state index contributed by atoms with van der Waals surface area (Å²) in [5.41, 5.74) is 0.668. The molecule has 1 saturated heterocycles. The van der Waals surface area contributed by atoms with Crippen LogP contribution in [0.15, 0.2) is 24.3 Å². The van der Waals surface area contributed by atoms with Crippen LogP contribution in [0.5, 0.6) is 5.75 Å². The monoisotopic (exact) mass is 278 g/mol. The normalized spacial score (nSPS) is 18.8. The van der Waals surface area contributed by atoms with Gasteiger partial charge < -0.3 is 15.2 Å². The molecule has 6 heteroatoms. The van der Waals surface area contributed by atoms with Gasteiger partial charge in [0.25, 0.3) is 0 Å². The van der Waals surface area contributed by atoms with Crippen molar-refractivity contribution in [2.45, 2.75) is 18.9 Å². The van der Waals surface area contributed by atoms with Crippen LogP contribution in [0.1, 0.15) is 12.8 Å². The molecule has 0 saturated carbocycles. The van der Waals surface area contributed by atoms with Crippen molar-refractivity contribution in [3.8, 4) is 5.75 Å². The number of carbonyl (C=O) groups is 2. The molecule has 1 heterocycles. The van der Waals surface area contributed by atoms with E-state index in [2.05, 4.69) is 5.32 Å². The molecular weight excluding hydrogens is 260 g/mol. The number of carbonyl (C=O) groups excluding carboxylic acids is 1. The molecule has 0 radical (unpaired) electrons. The van der Waals surface area contributed by atoms with Crippen molar-refractivity contribution in [1.29, 1.82) is 0 Å². The van der Waals surface area contributed by atoms with Gasteiger partial charge in [-0.3, -0.25) is 14.5 Å². The molecule has 1 fully saturated rings. The first-order valence-corrected chi connectivity index (χ1v) is 6.51. The highest BCUT2D eigenvalue weighted by atomic mass is 16.5. The molecule has 1 aliphatic rings. The van der Waals surface area contributed by atoms with Crippen molar-refractivity contribution >= 4 is 17.6 Å². The van der Waals surface area contributed by atoms with Crippen molar-refractivity contribution in [3.05, 3.63) is 24.3 Å². The topological polar surface area (TPSA) is 78.9 Å². The van der Waals surface area contributed by atoms with Gasteiger partial charge in [0.2, 0.25) is 5.91 Å². The number of benzene rings is 1. The second-order valence-electron chi connectivity index (χ2n) is 4.74. The van der Waals surface area contributed by atoms with Gasteiger partial charge in [0, 0.05) is 5.69 Å². The third kappa shape index (κ3) is 3.48. The molecule has 1 aromatic rings. The van der Waals surface area contributed by atoms with E-state index in [4.69, 9.17) is 9.84 Å². The van der Waals surface area contributed by atoms with Crippen LogP contribution in [-0.2, 0) is 9.59 Å². The molecule has 6 nitrogen and oxygen atoms in total. The lowest BCUT2D eigenvalue weighted by Crippen LogP contribution is -2.40. The highest BCUT2D eigenvalue weighted by Crippen LogP contribution is 2.18. The SMILES string of the molecule is COc1ccc(NC(=O)CN2CCCC2C(=O)O)cc1. The maximum Gasteiger partial charge on any atom is 0.320 e. The van der Waals surface area contributed by atoms with E-state index in [1.807, 2.05) is 0 Å². The molecular formula is C14H18N2O4. The van der Waals surface area contributed by atoms with Crippen molar-refractivity contribution in [2.24, 2.45) is 0 Å². The average Bonchev–Trinajstić information content (AvgIpc) is 2.87. The van der Waals surface area contributed by atoms with Crippen LogP contribution < -0.4 is 10.1 Å². The molecule has 2 N–H and O–H groups in total. The second-order valence-corrected chi connectivity index (χ2v) is 4.74. The minimum atomic E-state index is -0.861. The summed E-state index contributed by atoms with van der Waals surface area (Å²) < 4.78 is 5.04. The Bertz CT molecular complexity index is 486. The Labute approximate surface area is 117 Å². The molecule has 1 atom stereocenters. The third-order valence-electron chi connectivity index (χ3n) is 3.37. The van der Waals surface area contributed by atoms with E-state index in [9.17, 15) is 9.59 Å². The number of hydrogen-bond acceptors (Lipinski definition) is 4. The molecule has 1 amide bonds. The van der Waals surface area contributed by atoms with Crippen molar-refractivity contribution in [3.63, 3.8) is 0 Å². The Morgan fingerprint density at radius 3 is 2.70 bits per heavy atom. The first-order valence-electron chi connectivity index (χ1n) is 6.51. The Morgan fingerprint density at radius 1 is 1.40 bits per heavy atom. The number of anilines is 1. The molecule has 20 heavy (non-hydrogen) atoms. The number of methoxy groups -OCH3 is 1. The van der Waals surface area contributed by atoms with Crippen molar-refractivity contribution in [1.82, 2.24) is 4.90 Å². The number of hydrogen-bond donors (Lipinski definition) is 2. The molecule has 1 unspecified atom stereocenters. The van der Waals surface area contributed by atoms with E-state index in [1.54, 1.807) is 36.3 Å². The zero-order valence-corrected chi connectivity index (χ0v) is 11.3. The van der Waals surface area contributed by atoms with Gasteiger partial charge >= 0.3 is 5.97 Å². The lowest BCUT2D eigenvalue weighted by atomic mass is 10.2. The maximum atomic E-state index is 11.9. The van der Waals surface area contributed by atoms with E-state index in [0.29, 0.717) is 24.4 Å². The molecule has 0 aromatic heterocycles. The number of aliphatic carboxylic acids is 1. The van der Waals surface area contributed by atoms with Gasteiger partial charge in [0.1, 0.15) is 11.8 Å². The summed E-state index contributed by atoms with van der Waals surface area (Å²) in [6.45, 7) is 0.746. The summed E-state index contributed by atoms with van der Waals surface area (Å²) >= 11 is 0. The summed E-state index contributed by atoms with van der Waals surface area (Å²) in [4.78, 5) is 24.6. The lowest BCUT2D eigenvalue weighted by Gasteiger charge is -2.20. The number of ether oxygens (including phenoxy) is 1. The zero-order chi connectivity index (χ0) is 14.5. The summed E-state index contributed by atoms with van der Waals surface area (Å²) in [5.74, 6) is -0.350. The fourth-order valence-electron chi connectivity index (χ4n) is 2.35. The zero-order valence-electron chi connectivity index (χ0n) is 11.3. The molecule has 0 bridgehead atoms. The van der Waals surface area contributed by atoms with Gasteiger partial charge in [-0.05, 0) is 43.7 Å². The first kappa shape index (κ1) is 14.3. The van der Waals surface area contributed by atoms with Crippen LogP contribution in [-0.4, -0.2) is 48.1 Å². The molecule has 1 aliphatic heterocycles. The van der Waals surface area contributed by atoms with E-state index in [-0.39, 0.29) is 12.5 Å². The standard InChI is InChI=1S/C14H18N2O4/c1-20-11-6-4-10(5-7-11)15-13(17)9-16-8-2-3-12(16)14(18)19/h4-7,12H,2-3,8-9H2,1H3,(H,15,17)(H,18,19). The maximum absolute atomic E-state index is 11.9. The number of carboxylic acid groups (broad SMARTS) is 1. The van der Waals surface area contributed by atoms with Gasteiger partial charge in [0.05, 0.1) is 13.7 Å². The van der Waals surface area contributed by atoms with Gasteiger partial charge in [-0.2, -0.15) is 0 Å². The molecule has 0 spiro atoms. The summed E-state index contributed by atoms with van der Waals surface area (Å²) in [6.07, 6.45) is 1.41. The van der Waals surface area contributed by atoms with Crippen LogP contribution in [0.3, 0.4) is 0 Å². The van der Waals surface area contributed by atoms with Gasteiger partial charge in [-0.15, -0.1) is 0 Å². The second kappa shape index (κ2) is 6.38.